The first-order valence-electron chi connectivity index (χ1n) is 12.9. The van der Waals surface area contributed by atoms with Crippen LogP contribution in [0.2, 0.25) is 0 Å². The lowest BCUT2D eigenvalue weighted by Gasteiger charge is -2.45. The lowest BCUT2D eigenvalue weighted by molar-refractivity contribution is -0.157. The zero-order valence-electron chi connectivity index (χ0n) is 22.1. The van der Waals surface area contributed by atoms with Gasteiger partial charge in [0.1, 0.15) is 24.0 Å². The van der Waals surface area contributed by atoms with E-state index in [0.29, 0.717) is 11.5 Å². The number of esters is 2. The summed E-state index contributed by atoms with van der Waals surface area (Å²) in [5.41, 5.74) is 3.13. The summed E-state index contributed by atoms with van der Waals surface area (Å²) < 4.78 is 15.9. The number of hydrogen-bond acceptors (Lipinski definition) is 7. The van der Waals surface area contributed by atoms with Gasteiger partial charge >= 0.3 is 11.9 Å². The largest absolute Gasteiger partial charge is 0.458 e. The third-order valence-electron chi connectivity index (χ3n) is 6.76. The number of rotatable bonds is 10. The van der Waals surface area contributed by atoms with Crippen LogP contribution in [0.25, 0.3) is 0 Å². The van der Waals surface area contributed by atoms with Gasteiger partial charge in [0.25, 0.3) is 0 Å². The normalized spacial score (nSPS) is 17.3. The van der Waals surface area contributed by atoms with Gasteiger partial charge in [-0.05, 0) is 28.8 Å². The molecule has 1 amide bonds. The Morgan fingerprint density at radius 3 is 1.80 bits per heavy atom. The second kappa shape index (κ2) is 11.8. The highest BCUT2D eigenvalue weighted by atomic mass is 32.2. The number of benzene rings is 3. The average molecular weight is 556 g/mol. The van der Waals surface area contributed by atoms with Crippen LogP contribution in [0.1, 0.15) is 48.2 Å². The second-order valence-corrected chi connectivity index (χ2v) is 10.8. The van der Waals surface area contributed by atoms with Gasteiger partial charge in [0.2, 0.25) is 5.91 Å². The molecule has 8 heteroatoms. The van der Waals surface area contributed by atoms with Crippen molar-refractivity contribution in [1.29, 1.82) is 0 Å². The number of furan rings is 1. The fourth-order valence-electron chi connectivity index (χ4n) is 4.96. The molecule has 0 saturated carbocycles. The smallest absolute Gasteiger partial charge is 0.303 e. The van der Waals surface area contributed by atoms with Gasteiger partial charge in [-0.2, -0.15) is 0 Å². The predicted molar refractivity (Wildman–Crippen MR) is 151 cm³/mol. The van der Waals surface area contributed by atoms with Crippen LogP contribution in [-0.4, -0.2) is 23.2 Å². The first-order chi connectivity index (χ1) is 19.4. The van der Waals surface area contributed by atoms with E-state index in [1.54, 1.807) is 23.9 Å². The van der Waals surface area contributed by atoms with E-state index < -0.39 is 34.1 Å². The van der Waals surface area contributed by atoms with Crippen LogP contribution in [-0.2, 0) is 35.2 Å². The Bertz CT molecular complexity index is 1370. The van der Waals surface area contributed by atoms with Gasteiger partial charge < -0.3 is 19.2 Å². The van der Waals surface area contributed by atoms with Gasteiger partial charge in [-0.1, -0.05) is 91.0 Å². The minimum Gasteiger partial charge on any atom is -0.458 e. The average Bonchev–Trinajstić information content (AvgIpc) is 3.44. The highest BCUT2D eigenvalue weighted by molar-refractivity contribution is 8.01. The summed E-state index contributed by atoms with van der Waals surface area (Å²) in [6.45, 7) is 2.55. The van der Waals surface area contributed by atoms with Crippen LogP contribution in [0.4, 0.5) is 0 Å². The number of amides is 1. The number of nitrogens with one attached hydrogen (secondary N) is 1. The fourth-order valence-corrected chi connectivity index (χ4v) is 6.75. The molecule has 1 N–H and O–H groups in total. The van der Waals surface area contributed by atoms with Crippen LogP contribution < -0.4 is 5.32 Å². The van der Waals surface area contributed by atoms with Crippen molar-refractivity contribution in [2.24, 2.45) is 5.92 Å². The summed E-state index contributed by atoms with van der Waals surface area (Å²) in [7, 11) is 0. The quantitative estimate of drug-likeness (QED) is 0.151. The molecule has 3 unspecified atom stereocenters. The summed E-state index contributed by atoms with van der Waals surface area (Å²) >= 11 is 1.59. The topological polar surface area (TPSA) is 94.8 Å². The van der Waals surface area contributed by atoms with Crippen LogP contribution in [0.15, 0.2) is 108 Å². The first kappa shape index (κ1) is 27.3. The van der Waals surface area contributed by atoms with E-state index in [0.717, 1.165) is 16.7 Å². The lowest BCUT2D eigenvalue weighted by atomic mass is 9.84. The van der Waals surface area contributed by atoms with E-state index in [9.17, 15) is 14.4 Å². The van der Waals surface area contributed by atoms with Crippen molar-refractivity contribution in [1.82, 2.24) is 5.32 Å². The highest BCUT2D eigenvalue weighted by Gasteiger charge is 2.53. The monoisotopic (exact) mass is 555 g/mol. The molecule has 7 nitrogen and oxygen atoms in total. The third-order valence-corrected chi connectivity index (χ3v) is 8.48. The van der Waals surface area contributed by atoms with Crippen molar-refractivity contribution in [2.75, 3.05) is 0 Å². The Labute approximate surface area is 236 Å². The zero-order valence-corrected chi connectivity index (χ0v) is 22.9. The van der Waals surface area contributed by atoms with Crippen molar-refractivity contribution in [3.63, 3.8) is 0 Å². The molecule has 0 bridgehead atoms. The van der Waals surface area contributed by atoms with Crippen molar-refractivity contribution in [3.8, 4) is 0 Å². The van der Waals surface area contributed by atoms with Crippen LogP contribution in [0, 0.1) is 5.92 Å². The Balaban J connectivity index is 1.56. The maximum Gasteiger partial charge on any atom is 0.303 e. The Kier molecular flexibility index (Phi) is 8.07. The summed E-state index contributed by atoms with van der Waals surface area (Å²) in [5.74, 6) is -1.25. The summed E-state index contributed by atoms with van der Waals surface area (Å²) in [6.07, 6.45) is -0.963. The van der Waals surface area contributed by atoms with E-state index in [2.05, 4.69) is 41.7 Å². The molecular formula is C32H29NO6S. The number of ether oxygens (including phenoxy) is 2. The first-order valence-corrected chi connectivity index (χ1v) is 13.8. The molecule has 3 atom stereocenters. The fraction of sp³-hybridized carbons (Fsp3) is 0.219. The maximum atomic E-state index is 13.1. The molecule has 0 radical (unpaired) electrons. The van der Waals surface area contributed by atoms with E-state index in [-0.39, 0.29) is 12.5 Å². The number of β-lactam (4-membered cyclic amide) rings is 1. The van der Waals surface area contributed by atoms with Gasteiger partial charge in [0, 0.05) is 13.8 Å². The summed E-state index contributed by atoms with van der Waals surface area (Å²) in [4.78, 5) is 36.6. The molecule has 204 valence electrons. The number of carbonyl (C=O) groups excluding carboxylic acids is 3. The van der Waals surface area contributed by atoms with E-state index >= 15 is 0 Å². The minimum atomic E-state index is -0.963. The molecule has 1 saturated heterocycles. The third kappa shape index (κ3) is 5.53. The molecule has 1 aromatic heterocycles. The molecule has 0 spiro atoms. The Hall–Kier alpha value is -4.30. The van der Waals surface area contributed by atoms with E-state index in [1.165, 1.54) is 13.8 Å². The van der Waals surface area contributed by atoms with Crippen LogP contribution >= 0.6 is 11.8 Å². The van der Waals surface area contributed by atoms with Crippen molar-refractivity contribution < 1.29 is 28.3 Å². The lowest BCUT2D eigenvalue weighted by Crippen LogP contribution is -2.60. The summed E-state index contributed by atoms with van der Waals surface area (Å²) in [5, 5.41) is 2.62. The van der Waals surface area contributed by atoms with Gasteiger partial charge in [-0.3, -0.25) is 14.4 Å². The van der Waals surface area contributed by atoms with Crippen molar-refractivity contribution >= 4 is 29.6 Å². The van der Waals surface area contributed by atoms with Gasteiger partial charge in [-0.25, -0.2) is 0 Å². The Morgan fingerprint density at radius 2 is 1.35 bits per heavy atom. The van der Waals surface area contributed by atoms with Gasteiger partial charge in [-0.15, -0.1) is 11.8 Å². The molecule has 1 aliphatic heterocycles. The molecule has 5 rings (SSSR count). The Morgan fingerprint density at radius 1 is 0.825 bits per heavy atom. The van der Waals surface area contributed by atoms with Crippen LogP contribution in [0.5, 0.6) is 0 Å². The van der Waals surface area contributed by atoms with Crippen molar-refractivity contribution in [2.45, 2.75) is 36.7 Å². The molecule has 3 aromatic carbocycles. The standard InChI is InChI=1S/C32H29NO6S/c1-21(34)37-20-26-18-19-27(39-26)29(38-22(2)35)28-30(36)33-31(28)40-32(23-12-6-3-7-13-23,24-14-8-4-9-15-24)25-16-10-5-11-17-25/h3-19,28-29,31H,20H2,1-2H3,(H,33,36). The van der Waals surface area contributed by atoms with E-state index in [4.69, 9.17) is 13.9 Å². The molecule has 1 aliphatic rings. The zero-order chi connectivity index (χ0) is 28.1. The SMILES string of the molecule is CC(=O)OCc1ccc(C(OC(C)=O)C2C(=O)NC2SC(c2ccccc2)(c2ccccc2)c2ccccc2)o1. The molecule has 40 heavy (non-hydrogen) atoms. The number of thioether (sulfide) groups is 1. The molecule has 1 fully saturated rings. The highest BCUT2D eigenvalue weighted by Crippen LogP contribution is 2.53. The molecule has 0 aliphatic carbocycles. The van der Waals surface area contributed by atoms with E-state index in [1.807, 2.05) is 54.6 Å². The maximum absolute atomic E-state index is 13.1. The predicted octanol–water partition coefficient (Wildman–Crippen LogP) is 5.74. The summed E-state index contributed by atoms with van der Waals surface area (Å²) in [6, 6.07) is 33.7. The van der Waals surface area contributed by atoms with Crippen LogP contribution in [0.3, 0.4) is 0 Å². The van der Waals surface area contributed by atoms with Crippen molar-refractivity contribution in [3.05, 3.63) is 131 Å². The van der Waals surface area contributed by atoms with Gasteiger partial charge in [0.05, 0.1) is 10.1 Å². The molecule has 4 aromatic rings. The molecule has 2 heterocycles. The second-order valence-electron chi connectivity index (χ2n) is 9.47. The molecular weight excluding hydrogens is 526 g/mol. The minimum absolute atomic E-state index is 0.0592. The number of hydrogen-bond donors (Lipinski definition) is 1. The van der Waals surface area contributed by atoms with Gasteiger partial charge in [0.15, 0.2) is 6.10 Å². The number of carbonyl (C=O) groups is 3.